The molecule has 0 radical (unpaired) electrons. The Kier molecular flexibility index (Phi) is 3.31. The summed E-state index contributed by atoms with van der Waals surface area (Å²) >= 11 is 0. The van der Waals surface area contributed by atoms with E-state index < -0.39 is 0 Å². The van der Waals surface area contributed by atoms with Gasteiger partial charge in [0, 0.05) is 21.8 Å². The summed E-state index contributed by atoms with van der Waals surface area (Å²) in [6.07, 6.45) is 3.13. The second-order valence-electron chi connectivity index (χ2n) is 9.05. The van der Waals surface area contributed by atoms with E-state index in [-0.39, 0.29) is 5.41 Å². The van der Waals surface area contributed by atoms with Crippen LogP contribution >= 0.6 is 0 Å². The second-order valence-corrected chi connectivity index (χ2v) is 9.05. The van der Waals surface area contributed by atoms with Crippen LogP contribution in [0.1, 0.15) is 25.0 Å². The fourth-order valence-corrected chi connectivity index (χ4v) is 5.52. The normalized spacial score (nSPS) is 14.2. The largest absolute Gasteiger partial charge is 0.277 e. The highest BCUT2D eigenvalue weighted by molar-refractivity contribution is 6.16. The van der Waals surface area contributed by atoms with Crippen molar-refractivity contribution in [2.24, 2.45) is 0 Å². The van der Waals surface area contributed by atoms with Crippen molar-refractivity contribution in [3.8, 4) is 17.1 Å². The third-order valence-corrected chi connectivity index (χ3v) is 7.02. The molecule has 4 heteroatoms. The average molecular weight is 412 g/mol. The van der Waals surface area contributed by atoms with Gasteiger partial charge in [0.25, 0.3) is 0 Å². The van der Waals surface area contributed by atoms with Crippen LogP contribution in [0.2, 0.25) is 0 Å². The summed E-state index contributed by atoms with van der Waals surface area (Å²) in [5.41, 5.74) is 7.46. The smallest absolute Gasteiger partial charge is 0.237 e. The lowest BCUT2D eigenvalue weighted by molar-refractivity contribution is 0.661. The molecule has 6 aromatic rings. The summed E-state index contributed by atoms with van der Waals surface area (Å²) < 4.78 is 2.20. The Hall–Kier alpha value is -4.05. The van der Waals surface area contributed by atoms with E-state index in [0.717, 1.165) is 11.0 Å². The van der Waals surface area contributed by atoms with Crippen molar-refractivity contribution >= 4 is 32.6 Å². The van der Waals surface area contributed by atoms with E-state index >= 15 is 0 Å². The van der Waals surface area contributed by atoms with Gasteiger partial charge in [0.05, 0.1) is 11.0 Å². The topological polar surface area (TPSA) is 43.6 Å². The second kappa shape index (κ2) is 6.01. The van der Waals surface area contributed by atoms with Crippen molar-refractivity contribution in [3.05, 3.63) is 96.6 Å². The first-order chi connectivity index (χ1) is 15.6. The molecule has 1 aliphatic carbocycles. The SMILES string of the molecule is CC1(C)c2cc3ccccc3cc2-c2c1ccc1c3ccccc3n(-c3ncncn3)c21. The van der Waals surface area contributed by atoms with Gasteiger partial charge in [-0.3, -0.25) is 4.57 Å². The molecule has 0 spiro atoms. The summed E-state index contributed by atoms with van der Waals surface area (Å²) in [4.78, 5) is 13.1. The number of hydrogen-bond donors (Lipinski definition) is 0. The average Bonchev–Trinajstić information content (AvgIpc) is 3.28. The molecule has 4 aromatic carbocycles. The zero-order valence-electron chi connectivity index (χ0n) is 17.9. The Bertz CT molecular complexity index is 1690. The lowest BCUT2D eigenvalue weighted by Crippen LogP contribution is -2.15. The number of aromatic nitrogens is 4. The number of hydrogen-bond acceptors (Lipinski definition) is 3. The lowest BCUT2D eigenvalue weighted by atomic mass is 9.82. The zero-order chi connectivity index (χ0) is 21.4. The van der Waals surface area contributed by atoms with Crippen LogP contribution in [0.25, 0.3) is 49.7 Å². The summed E-state index contributed by atoms with van der Waals surface area (Å²) in [6.45, 7) is 4.66. The molecule has 0 bridgehead atoms. The maximum atomic E-state index is 4.53. The van der Waals surface area contributed by atoms with E-state index in [9.17, 15) is 0 Å². The molecule has 0 saturated heterocycles. The van der Waals surface area contributed by atoms with E-state index in [1.807, 2.05) is 0 Å². The van der Waals surface area contributed by atoms with Crippen molar-refractivity contribution < 1.29 is 0 Å². The number of rotatable bonds is 1. The van der Waals surface area contributed by atoms with Gasteiger partial charge in [-0.25, -0.2) is 15.0 Å². The van der Waals surface area contributed by atoms with Gasteiger partial charge in [0.2, 0.25) is 5.95 Å². The van der Waals surface area contributed by atoms with Gasteiger partial charge < -0.3 is 0 Å². The van der Waals surface area contributed by atoms with Crippen molar-refractivity contribution in [1.29, 1.82) is 0 Å². The third-order valence-electron chi connectivity index (χ3n) is 7.02. The first kappa shape index (κ1) is 17.6. The Morgan fingerprint density at radius 2 is 1.44 bits per heavy atom. The van der Waals surface area contributed by atoms with Crippen molar-refractivity contribution in [3.63, 3.8) is 0 Å². The van der Waals surface area contributed by atoms with Crippen LogP contribution in [0, 0.1) is 0 Å². The summed E-state index contributed by atoms with van der Waals surface area (Å²) in [7, 11) is 0. The maximum Gasteiger partial charge on any atom is 0.237 e. The van der Waals surface area contributed by atoms with Crippen LogP contribution in [0.4, 0.5) is 0 Å². The minimum absolute atomic E-state index is 0.0940. The molecule has 32 heavy (non-hydrogen) atoms. The van der Waals surface area contributed by atoms with Crippen molar-refractivity contribution in [2.75, 3.05) is 0 Å². The molecule has 2 heterocycles. The van der Waals surface area contributed by atoms with Crippen LogP contribution in [-0.4, -0.2) is 19.5 Å². The predicted molar refractivity (Wildman–Crippen MR) is 129 cm³/mol. The highest BCUT2D eigenvalue weighted by Crippen LogP contribution is 2.53. The third kappa shape index (κ3) is 2.14. The van der Waals surface area contributed by atoms with Gasteiger partial charge >= 0.3 is 0 Å². The highest BCUT2D eigenvalue weighted by atomic mass is 15.2. The molecule has 1 aliphatic rings. The summed E-state index contributed by atoms with van der Waals surface area (Å²) in [5.74, 6) is 0.645. The van der Waals surface area contributed by atoms with Gasteiger partial charge in [-0.2, -0.15) is 0 Å². The van der Waals surface area contributed by atoms with Gasteiger partial charge in [0.15, 0.2) is 0 Å². The Balaban J connectivity index is 1.72. The quantitative estimate of drug-likeness (QED) is 0.313. The summed E-state index contributed by atoms with van der Waals surface area (Å²) in [5, 5.41) is 4.96. The van der Waals surface area contributed by atoms with Crippen LogP contribution in [0.5, 0.6) is 0 Å². The molecular weight excluding hydrogens is 392 g/mol. The Labute approximate surface area is 185 Å². The van der Waals surface area contributed by atoms with E-state index in [4.69, 9.17) is 0 Å². The van der Waals surface area contributed by atoms with Crippen LogP contribution in [0.3, 0.4) is 0 Å². The van der Waals surface area contributed by atoms with Crippen LogP contribution < -0.4 is 0 Å². The van der Waals surface area contributed by atoms with Gasteiger partial charge in [0.1, 0.15) is 12.7 Å². The van der Waals surface area contributed by atoms with Gasteiger partial charge in [-0.15, -0.1) is 0 Å². The summed E-state index contributed by atoms with van der Waals surface area (Å²) in [6, 6.07) is 26.4. The maximum absolute atomic E-state index is 4.53. The fourth-order valence-electron chi connectivity index (χ4n) is 5.52. The van der Waals surface area contributed by atoms with Crippen molar-refractivity contribution in [2.45, 2.75) is 19.3 Å². The highest BCUT2D eigenvalue weighted by Gasteiger charge is 2.38. The molecule has 152 valence electrons. The van der Waals surface area contributed by atoms with E-state index in [1.54, 1.807) is 12.7 Å². The fraction of sp³-hybridized carbons (Fsp3) is 0.107. The van der Waals surface area contributed by atoms with E-state index in [0.29, 0.717) is 5.95 Å². The van der Waals surface area contributed by atoms with E-state index in [2.05, 4.69) is 106 Å². The monoisotopic (exact) mass is 412 g/mol. The number of para-hydroxylation sites is 1. The molecule has 0 fully saturated rings. The van der Waals surface area contributed by atoms with Gasteiger partial charge in [-0.05, 0) is 45.7 Å². The first-order valence-corrected chi connectivity index (χ1v) is 10.9. The van der Waals surface area contributed by atoms with Crippen LogP contribution in [0.15, 0.2) is 85.5 Å². The Morgan fingerprint density at radius 3 is 2.25 bits per heavy atom. The number of nitrogens with zero attached hydrogens (tertiary/aromatic N) is 4. The molecule has 0 atom stereocenters. The first-order valence-electron chi connectivity index (χ1n) is 10.9. The molecule has 0 unspecified atom stereocenters. The number of fused-ring (bicyclic) bond motifs is 8. The lowest BCUT2D eigenvalue weighted by Gasteiger charge is -2.21. The predicted octanol–water partition coefficient (Wildman–Crippen LogP) is 6.43. The molecule has 2 aromatic heterocycles. The van der Waals surface area contributed by atoms with E-state index in [1.165, 1.54) is 43.8 Å². The molecular formula is C28H20N4. The zero-order valence-corrected chi connectivity index (χ0v) is 17.9. The number of benzene rings is 4. The minimum Gasteiger partial charge on any atom is -0.277 e. The van der Waals surface area contributed by atoms with Crippen molar-refractivity contribution in [1.82, 2.24) is 19.5 Å². The molecule has 0 saturated carbocycles. The standard InChI is InChI=1S/C28H20N4/c1-28(2)22-12-11-20-19-9-5-6-10-24(19)32(27-30-15-29-16-31-27)26(20)25(22)21-13-17-7-3-4-8-18(17)14-23(21)28/h3-16H,1-2H3. The van der Waals surface area contributed by atoms with Gasteiger partial charge in [-0.1, -0.05) is 68.4 Å². The molecule has 0 amide bonds. The van der Waals surface area contributed by atoms with Crippen LogP contribution in [-0.2, 0) is 5.41 Å². The molecule has 7 rings (SSSR count). The molecule has 0 N–H and O–H groups in total. The Morgan fingerprint density at radius 1 is 0.719 bits per heavy atom. The molecule has 4 nitrogen and oxygen atoms in total. The minimum atomic E-state index is -0.0940. The molecule has 0 aliphatic heterocycles.